The van der Waals surface area contributed by atoms with Crippen LogP contribution in [-0.4, -0.2) is 0 Å². The van der Waals surface area contributed by atoms with Gasteiger partial charge in [0, 0.05) is 0 Å². The molecule has 0 saturated heterocycles. The molecule has 0 spiro atoms. The second kappa shape index (κ2) is 3.91. The first-order chi connectivity index (χ1) is 5.46. The van der Waals surface area contributed by atoms with Crippen LogP contribution in [-0.2, 0) is 0 Å². The number of hydrogen-bond acceptors (Lipinski definition) is 1. The minimum Gasteiger partial charge on any atom is -0.394 e. The van der Waals surface area contributed by atoms with Gasteiger partial charge in [0.25, 0.3) is 0 Å². The summed E-state index contributed by atoms with van der Waals surface area (Å²) in [4.78, 5) is 0. The van der Waals surface area contributed by atoms with E-state index < -0.39 is 34.8 Å². The molecule has 0 unspecified atom stereocenters. The number of anilines is 1. The van der Waals surface area contributed by atoms with Crippen molar-refractivity contribution >= 4 is 22.7 Å². The van der Waals surface area contributed by atoms with Gasteiger partial charge in [0.2, 0.25) is 5.82 Å². The largest absolute Gasteiger partial charge is 0.394 e. The van der Waals surface area contributed by atoms with Crippen LogP contribution in [0, 0.1) is 29.1 Å². The topological polar surface area (TPSA) is 26.0 Å². The maximum Gasteiger partial charge on any atom is 0.200 e. The van der Waals surface area contributed by atoms with Crippen LogP contribution >= 0.6 is 17.0 Å². The molecule has 1 aromatic rings. The van der Waals surface area contributed by atoms with E-state index in [0.717, 1.165) is 0 Å². The highest BCUT2D eigenvalue weighted by Gasteiger charge is 2.23. The average molecular weight is 264 g/mol. The zero-order valence-electron chi connectivity index (χ0n) is 5.88. The lowest BCUT2D eigenvalue weighted by Crippen LogP contribution is -2.05. The van der Waals surface area contributed by atoms with Gasteiger partial charge in [-0.1, -0.05) is 0 Å². The second-order valence-electron chi connectivity index (χ2n) is 1.98. The molecule has 0 aromatic heterocycles. The number of benzene rings is 1. The molecule has 1 rings (SSSR count). The molecule has 0 bridgehead atoms. The van der Waals surface area contributed by atoms with Crippen molar-refractivity contribution < 1.29 is 22.0 Å². The van der Waals surface area contributed by atoms with E-state index >= 15 is 0 Å². The third-order valence-corrected chi connectivity index (χ3v) is 1.24. The fraction of sp³-hybridized carbons (Fsp3) is 0. The lowest BCUT2D eigenvalue weighted by atomic mass is 10.2. The van der Waals surface area contributed by atoms with E-state index in [1.54, 1.807) is 0 Å². The van der Waals surface area contributed by atoms with E-state index in [1.165, 1.54) is 0 Å². The lowest BCUT2D eigenvalue weighted by molar-refractivity contribution is 0.382. The Balaban J connectivity index is 0.00000144. The Morgan fingerprint density at radius 2 is 0.846 bits per heavy atom. The number of halogens is 6. The summed E-state index contributed by atoms with van der Waals surface area (Å²) in [6.45, 7) is 0. The van der Waals surface area contributed by atoms with Gasteiger partial charge in [0.1, 0.15) is 5.69 Å². The van der Waals surface area contributed by atoms with Gasteiger partial charge in [-0.2, -0.15) is 0 Å². The molecule has 13 heavy (non-hydrogen) atoms. The predicted molar refractivity (Wildman–Crippen MR) is 41.0 cm³/mol. The van der Waals surface area contributed by atoms with E-state index in [0.29, 0.717) is 0 Å². The van der Waals surface area contributed by atoms with Crippen LogP contribution in [0.15, 0.2) is 0 Å². The summed E-state index contributed by atoms with van der Waals surface area (Å²) in [6, 6.07) is 0. The van der Waals surface area contributed by atoms with Gasteiger partial charge in [0.15, 0.2) is 23.3 Å². The van der Waals surface area contributed by atoms with Crippen molar-refractivity contribution in [1.82, 2.24) is 0 Å². The molecule has 0 saturated carbocycles. The summed E-state index contributed by atoms with van der Waals surface area (Å²) in [5.74, 6) is -10.3. The molecule has 7 heteroatoms. The minimum atomic E-state index is -2.21. The van der Waals surface area contributed by atoms with Crippen LogP contribution < -0.4 is 5.73 Å². The monoisotopic (exact) mass is 263 g/mol. The van der Waals surface area contributed by atoms with Crippen LogP contribution in [0.4, 0.5) is 27.6 Å². The van der Waals surface area contributed by atoms with Gasteiger partial charge in [-0.05, 0) is 0 Å². The molecule has 74 valence electrons. The van der Waals surface area contributed by atoms with Crippen molar-refractivity contribution in [2.75, 3.05) is 5.73 Å². The van der Waals surface area contributed by atoms with E-state index in [2.05, 4.69) is 5.73 Å². The molecule has 0 aliphatic heterocycles. The summed E-state index contributed by atoms with van der Waals surface area (Å²) < 4.78 is 61.1. The zero-order chi connectivity index (χ0) is 9.46. The average Bonchev–Trinajstić information content (AvgIpc) is 2.08. The third-order valence-electron chi connectivity index (χ3n) is 1.24. The number of hydrogen-bond donors (Lipinski definition) is 1. The van der Waals surface area contributed by atoms with Crippen molar-refractivity contribution in [3.63, 3.8) is 0 Å². The summed E-state index contributed by atoms with van der Waals surface area (Å²) >= 11 is 0. The minimum absolute atomic E-state index is 0. The Morgan fingerprint density at radius 1 is 0.615 bits per heavy atom. The molecule has 0 atom stereocenters. The molecule has 0 heterocycles. The van der Waals surface area contributed by atoms with Crippen LogP contribution in [0.2, 0.25) is 0 Å². The summed E-state index contributed by atoms with van der Waals surface area (Å²) in [5.41, 5.74) is 3.19. The Kier molecular flexibility index (Phi) is 3.65. The highest BCUT2D eigenvalue weighted by Crippen LogP contribution is 2.23. The first-order valence-electron chi connectivity index (χ1n) is 2.73. The Labute approximate surface area is 80.1 Å². The quantitative estimate of drug-likeness (QED) is 0.331. The number of rotatable bonds is 0. The zero-order valence-corrected chi connectivity index (χ0v) is 7.59. The summed E-state index contributed by atoms with van der Waals surface area (Å²) in [7, 11) is 0. The third kappa shape index (κ3) is 1.74. The van der Waals surface area contributed by atoms with Gasteiger partial charge < -0.3 is 5.73 Å². The van der Waals surface area contributed by atoms with Crippen molar-refractivity contribution in [1.29, 1.82) is 0 Å². The van der Waals surface area contributed by atoms with Crippen LogP contribution in [0.25, 0.3) is 0 Å². The van der Waals surface area contributed by atoms with Crippen LogP contribution in [0.5, 0.6) is 0 Å². The summed E-state index contributed by atoms with van der Waals surface area (Å²) in [5, 5.41) is 0. The normalized spacial score (nSPS) is 9.62. The van der Waals surface area contributed by atoms with Gasteiger partial charge >= 0.3 is 0 Å². The fourth-order valence-corrected chi connectivity index (χ4v) is 0.622. The molecular formula is C6H3BrF5N. The van der Waals surface area contributed by atoms with Crippen LogP contribution in [0.3, 0.4) is 0 Å². The van der Waals surface area contributed by atoms with Gasteiger partial charge in [-0.25, -0.2) is 22.0 Å². The smallest absolute Gasteiger partial charge is 0.200 e. The van der Waals surface area contributed by atoms with Crippen molar-refractivity contribution in [2.45, 2.75) is 0 Å². The van der Waals surface area contributed by atoms with Crippen molar-refractivity contribution in [2.24, 2.45) is 0 Å². The Hall–Kier alpha value is -0.850. The molecule has 2 N–H and O–H groups in total. The molecule has 1 nitrogen and oxygen atoms in total. The standard InChI is InChI=1S/C6H2F5N.BrH/c7-1-2(8)4(10)6(12)5(11)3(1)9;/h12H2;1H. The second-order valence-corrected chi connectivity index (χ2v) is 1.98. The van der Waals surface area contributed by atoms with Crippen molar-refractivity contribution in [3.8, 4) is 0 Å². The maximum absolute atomic E-state index is 12.3. The lowest BCUT2D eigenvalue weighted by Gasteiger charge is -2.02. The predicted octanol–water partition coefficient (Wildman–Crippen LogP) is 2.54. The SMILES string of the molecule is Br.Nc1c(F)c(F)c(F)c(F)c1F. The molecule has 0 fully saturated rings. The molecule has 0 amide bonds. The summed E-state index contributed by atoms with van der Waals surface area (Å²) in [6.07, 6.45) is 0. The molecule has 0 aliphatic carbocycles. The van der Waals surface area contributed by atoms with Gasteiger partial charge in [-0.3, -0.25) is 0 Å². The highest BCUT2D eigenvalue weighted by atomic mass is 79.9. The number of nitrogen functional groups attached to an aromatic ring is 1. The van der Waals surface area contributed by atoms with E-state index in [9.17, 15) is 22.0 Å². The van der Waals surface area contributed by atoms with Gasteiger partial charge in [0.05, 0.1) is 0 Å². The first kappa shape index (κ1) is 12.2. The first-order valence-corrected chi connectivity index (χ1v) is 2.73. The van der Waals surface area contributed by atoms with E-state index in [4.69, 9.17) is 0 Å². The van der Waals surface area contributed by atoms with Gasteiger partial charge in [-0.15, -0.1) is 17.0 Å². The fourth-order valence-electron chi connectivity index (χ4n) is 0.622. The molecular weight excluding hydrogens is 261 g/mol. The molecule has 0 aliphatic rings. The van der Waals surface area contributed by atoms with Crippen LogP contribution in [0.1, 0.15) is 0 Å². The molecule has 1 aromatic carbocycles. The molecule has 0 radical (unpaired) electrons. The maximum atomic E-state index is 12.3. The highest BCUT2D eigenvalue weighted by molar-refractivity contribution is 8.93. The Morgan fingerprint density at radius 3 is 1.15 bits per heavy atom. The number of nitrogens with two attached hydrogens (primary N) is 1. The van der Waals surface area contributed by atoms with E-state index in [1.807, 2.05) is 0 Å². The Bertz CT molecular complexity index is 235. The van der Waals surface area contributed by atoms with E-state index in [-0.39, 0.29) is 17.0 Å². The van der Waals surface area contributed by atoms with Crippen molar-refractivity contribution in [3.05, 3.63) is 29.1 Å².